The number of amides is 1. The number of carbonyl (C=O) groups is 1. The number of anilines is 1. The molecule has 8 heteroatoms. The van der Waals surface area contributed by atoms with Crippen molar-refractivity contribution in [1.82, 2.24) is 14.8 Å². The lowest BCUT2D eigenvalue weighted by Gasteiger charge is -2.07. The maximum absolute atomic E-state index is 11.8. The molecule has 2 N–H and O–H groups in total. The molecule has 0 radical (unpaired) electrons. The van der Waals surface area contributed by atoms with E-state index < -0.39 is 0 Å². The highest BCUT2D eigenvalue weighted by Gasteiger charge is 2.11. The van der Waals surface area contributed by atoms with Gasteiger partial charge in [-0.25, -0.2) is 0 Å². The predicted octanol–water partition coefficient (Wildman–Crippen LogP) is 2.21. The number of nitrogens with one attached hydrogen (secondary N) is 1. The van der Waals surface area contributed by atoms with Crippen LogP contribution in [0.25, 0.3) is 0 Å². The lowest BCUT2D eigenvalue weighted by molar-refractivity contribution is -0.113. The molecular weight excluding hydrogens is 300 g/mol. The van der Waals surface area contributed by atoms with E-state index in [0.717, 1.165) is 5.82 Å². The molecule has 6 nitrogen and oxygen atoms in total. The summed E-state index contributed by atoms with van der Waals surface area (Å²) in [7, 11) is 1.83. The topological polar surface area (TPSA) is 80.0 Å². The average Bonchev–Trinajstić information content (AvgIpc) is 2.72. The lowest BCUT2D eigenvalue weighted by Crippen LogP contribution is -2.14. The number of aromatic nitrogens is 3. The van der Waals surface area contributed by atoms with Gasteiger partial charge in [0.05, 0.1) is 11.4 Å². The smallest absolute Gasteiger partial charge is 0.234 e. The Hall–Kier alpha value is -1.73. The molecule has 0 atom stereocenters. The van der Waals surface area contributed by atoms with Crippen LogP contribution in [0.2, 0.25) is 5.02 Å². The fourth-order valence-electron chi connectivity index (χ4n) is 1.44. The Morgan fingerprint density at radius 2 is 2.25 bits per heavy atom. The first-order valence-corrected chi connectivity index (χ1v) is 7.11. The van der Waals surface area contributed by atoms with Crippen molar-refractivity contribution in [1.29, 1.82) is 0 Å². The number of thioether (sulfide) groups is 1. The summed E-state index contributed by atoms with van der Waals surface area (Å²) in [4.78, 5) is 11.8. The quantitative estimate of drug-likeness (QED) is 0.668. The number of halogens is 1. The van der Waals surface area contributed by atoms with Gasteiger partial charge in [-0.15, -0.1) is 10.2 Å². The molecule has 1 amide bonds. The molecular formula is C12H13ClN4O2S. The first kappa shape index (κ1) is 14.7. The molecule has 0 spiro atoms. The third-order valence-corrected chi connectivity index (χ3v) is 3.87. The Labute approximate surface area is 125 Å². The standard InChI is InChI=1S/C12H13ClN4O2S/c1-7-15-16-12(17(7)2)20-6-11(19)14-9-5-8(13)3-4-10(9)18/h3-5,18H,6H2,1-2H3,(H,14,19). The summed E-state index contributed by atoms with van der Waals surface area (Å²) < 4.78 is 1.80. The van der Waals surface area contributed by atoms with Gasteiger partial charge in [0.25, 0.3) is 0 Å². The van der Waals surface area contributed by atoms with Crippen LogP contribution in [0.4, 0.5) is 5.69 Å². The maximum atomic E-state index is 11.8. The van der Waals surface area contributed by atoms with E-state index in [9.17, 15) is 9.90 Å². The maximum Gasteiger partial charge on any atom is 0.234 e. The first-order chi connectivity index (χ1) is 9.47. The SMILES string of the molecule is Cc1nnc(SCC(=O)Nc2cc(Cl)ccc2O)n1C. The van der Waals surface area contributed by atoms with Gasteiger partial charge < -0.3 is 15.0 Å². The second kappa shape index (κ2) is 6.15. The Bertz CT molecular complexity index is 644. The van der Waals surface area contributed by atoms with Gasteiger partial charge in [0.2, 0.25) is 5.91 Å². The van der Waals surface area contributed by atoms with Gasteiger partial charge in [0, 0.05) is 12.1 Å². The van der Waals surface area contributed by atoms with E-state index in [1.54, 1.807) is 10.6 Å². The van der Waals surface area contributed by atoms with Crippen LogP contribution in [0.1, 0.15) is 5.82 Å². The summed E-state index contributed by atoms with van der Waals surface area (Å²) in [5.74, 6) is 0.661. The molecule has 1 heterocycles. The van der Waals surface area contributed by atoms with Crippen LogP contribution >= 0.6 is 23.4 Å². The number of phenolic OH excluding ortho intramolecular Hbond substituents is 1. The van der Waals surface area contributed by atoms with E-state index in [2.05, 4.69) is 15.5 Å². The highest BCUT2D eigenvalue weighted by atomic mass is 35.5. The Kier molecular flexibility index (Phi) is 4.51. The summed E-state index contributed by atoms with van der Waals surface area (Å²) in [6.45, 7) is 1.83. The van der Waals surface area contributed by atoms with E-state index in [4.69, 9.17) is 11.6 Å². The fraction of sp³-hybridized carbons (Fsp3) is 0.250. The normalized spacial score (nSPS) is 10.6. The van der Waals surface area contributed by atoms with E-state index in [1.807, 2.05) is 14.0 Å². The average molecular weight is 313 g/mol. The molecule has 0 bridgehead atoms. The monoisotopic (exact) mass is 312 g/mol. The molecule has 1 aromatic heterocycles. The molecule has 0 fully saturated rings. The Balaban J connectivity index is 1.96. The molecule has 2 aromatic rings. The minimum atomic E-state index is -0.256. The minimum Gasteiger partial charge on any atom is -0.506 e. The molecule has 0 aliphatic heterocycles. The summed E-state index contributed by atoms with van der Waals surface area (Å²) in [5.41, 5.74) is 0.289. The van der Waals surface area contributed by atoms with Crippen LogP contribution in [-0.4, -0.2) is 31.5 Å². The zero-order valence-corrected chi connectivity index (χ0v) is 12.5. The van der Waals surface area contributed by atoms with Crippen molar-refractivity contribution >= 4 is 35.0 Å². The van der Waals surface area contributed by atoms with Crippen molar-refractivity contribution in [3.05, 3.63) is 29.0 Å². The minimum absolute atomic E-state index is 0.0257. The van der Waals surface area contributed by atoms with Gasteiger partial charge in [-0.1, -0.05) is 23.4 Å². The fourth-order valence-corrected chi connectivity index (χ4v) is 2.37. The molecule has 0 unspecified atom stereocenters. The van der Waals surface area contributed by atoms with E-state index in [-0.39, 0.29) is 23.1 Å². The summed E-state index contributed by atoms with van der Waals surface area (Å²) >= 11 is 7.08. The van der Waals surface area contributed by atoms with Crippen molar-refractivity contribution in [3.8, 4) is 5.75 Å². The number of hydrogen-bond donors (Lipinski definition) is 2. The predicted molar refractivity (Wildman–Crippen MR) is 78.2 cm³/mol. The van der Waals surface area contributed by atoms with Gasteiger partial charge in [-0.2, -0.15) is 0 Å². The van der Waals surface area contributed by atoms with Crippen LogP contribution < -0.4 is 5.32 Å². The van der Waals surface area contributed by atoms with Crippen LogP contribution in [0.5, 0.6) is 5.75 Å². The Morgan fingerprint density at radius 1 is 1.50 bits per heavy atom. The highest BCUT2D eigenvalue weighted by Crippen LogP contribution is 2.26. The van der Waals surface area contributed by atoms with Crippen molar-refractivity contribution < 1.29 is 9.90 Å². The van der Waals surface area contributed by atoms with Crippen molar-refractivity contribution in [2.24, 2.45) is 7.05 Å². The second-order valence-corrected chi connectivity index (χ2v) is 5.47. The first-order valence-electron chi connectivity index (χ1n) is 5.74. The van der Waals surface area contributed by atoms with Crippen LogP contribution in [0.15, 0.2) is 23.4 Å². The molecule has 1 aromatic carbocycles. The zero-order valence-electron chi connectivity index (χ0n) is 10.9. The molecule has 106 valence electrons. The number of phenols is 1. The number of rotatable bonds is 4. The number of aryl methyl sites for hydroxylation is 1. The molecule has 0 aliphatic rings. The Morgan fingerprint density at radius 3 is 2.90 bits per heavy atom. The highest BCUT2D eigenvalue weighted by molar-refractivity contribution is 7.99. The number of aromatic hydroxyl groups is 1. The number of benzene rings is 1. The molecule has 0 aliphatic carbocycles. The van der Waals surface area contributed by atoms with Gasteiger partial charge in [0.1, 0.15) is 11.6 Å². The van der Waals surface area contributed by atoms with E-state index >= 15 is 0 Å². The van der Waals surface area contributed by atoms with Crippen molar-refractivity contribution in [2.45, 2.75) is 12.1 Å². The number of hydrogen-bond acceptors (Lipinski definition) is 5. The largest absolute Gasteiger partial charge is 0.506 e. The molecule has 0 saturated heterocycles. The van der Waals surface area contributed by atoms with Gasteiger partial charge in [-0.05, 0) is 25.1 Å². The van der Waals surface area contributed by atoms with Crippen LogP contribution in [-0.2, 0) is 11.8 Å². The van der Waals surface area contributed by atoms with Gasteiger partial charge in [-0.3, -0.25) is 4.79 Å². The third kappa shape index (κ3) is 3.43. The number of nitrogens with zero attached hydrogens (tertiary/aromatic N) is 3. The van der Waals surface area contributed by atoms with E-state index in [1.165, 1.54) is 23.9 Å². The van der Waals surface area contributed by atoms with E-state index in [0.29, 0.717) is 10.2 Å². The number of carbonyl (C=O) groups excluding carboxylic acids is 1. The molecule has 0 saturated carbocycles. The third-order valence-electron chi connectivity index (χ3n) is 2.62. The van der Waals surface area contributed by atoms with Gasteiger partial charge >= 0.3 is 0 Å². The van der Waals surface area contributed by atoms with Crippen LogP contribution in [0, 0.1) is 6.92 Å². The van der Waals surface area contributed by atoms with Crippen molar-refractivity contribution in [2.75, 3.05) is 11.1 Å². The summed E-state index contributed by atoms with van der Waals surface area (Å²) in [5, 5.41) is 21.2. The zero-order chi connectivity index (χ0) is 14.7. The van der Waals surface area contributed by atoms with Crippen molar-refractivity contribution in [3.63, 3.8) is 0 Å². The van der Waals surface area contributed by atoms with Gasteiger partial charge in [0.15, 0.2) is 5.16 Å². The second-order valence-electron chi connectivity index (χ2n) is 4.09. The summed E-state index contributed by atoms with van der Waals surface area (Å²) in [6, 6.07) is 4.46. The summed E-state index contributed by atoms with van der Waals surface area (Å²) in [6.07, 6.45) is 0. The molecule has 2 rings (SSSR count). The molecule has 20 heavy (non-hydrogen) atoms. The lowest BCUT2D eigenvalue weighted by atomic mass is 10.3. The van der Waals surface area contributed by atoms with Crippen LogP contribution in [0.3, 0.4) is 0 Å².